The second-order valence-corrected chi connectivity index (χ2v) is 4.22. The van der Waals surface area contributed by atoms with Crippen LogP contribution in [0.2, 0.25) is 5.02 Å². The molecule has 3 nitrogen and oxygen atoms in total. The van der Waals surface area contributed by atoms with Crippen molar-refractivity contribution in [3.8, 4) is 0 Å². The van der Waals surface area contributed by atoms with Crippen molar-refractivity contribution in [1.82, 2.24) is 5.32 Å². The molecule has 4 heteroatoms. The van der Waals surface area contributed by atoms with Crippen molar-refractivity contribution >= 4 is 23.7 Å². The molecule has 0 spiro atoms. The summed E-state index contributed by atoms with van der Waals surface area (Å²) in [6.45, 7) is 0.770. The van der Waals surface area contributed by atoms with E-state index in [1.807, 2.05) is 24.3 Å². The first kappa shape index (κ1) is 11.1. The van der Waals surface area contributed by atoms with Crippen molar-refractivity contribution in [2.45, 2.75) is 18.9 Å². The highest BCUT2D eigenvalue weighted by atomic mass is 35.5. The van der Waals surface area contributed by atoms with Crippen LogP contribution in [0.4, 0.5) is 0 Å². The van der Waals surface area contributed by atoms with E-state index in [1.54, 1.807) is 6.21 Å². The number of aliphatic imine (C=N–C) groups is 1. The van der Waals surface area contributed by atoms with E-state index < -0.39 is 0 Å². The first-order valence-electron chi connectivity index (χ1n) is 5.32. The monoisotopic (exact) mass is 236 g/mol. The van der Waals surface area contributed by atoms with Gasteiger partial charge in [0.25, 0.3) is 0 Å². The highest BCUT2D eigenvalue weighted by Crippen LogP contribution is 2.10. The van der Waals surface area contributed by atoms with E-state index in [9.17, 15) is 4.79 Å². The maximum absolute atomic E-state index is 11.4. The van der Waals surface area contributed by atoms with Crippen molar-refractivity contribution < 1.29 is 4.79 Å². The molecule has 0 saturated carbocycles. The number of nitrogens with one attached hydrogen (secondary N) is 1. The normalized spacial score (nSPS) is 21.1. The van der Waals surface area contributed by atoms with Crippen LogP contribution in [-0.4, -0.2) is 24.7 Å². The summed E-state index contributed by atoms with van der Waals surface area (Å²) < 4.78 is 0. The third-order valence-corrected chi connectivity index (χ3v) is 2.78. The van der Waals surface area contributed by atoms with E-state index in [0.717, 1.165) is 24.9 Å². The van der Waals surface area contributed by atoms with E-state index in [1.165, 1.54) is 0 Å². The van der Waals surface area contributed by atoms with Crippen LogP contribution in [-0.2, 0) is 4.79 Å². The Morgan fingerprint density at radius 2 is 2.12 bits per heavy atom. The van der Waals surface area contributed by atoms with Gasteiger partial charge in [-0.15, -0.1) is 0 Å². The van der Waals surface area contributed by atoms with Gasteiger partial charge >= 0.3 is 0 Å². The van der Waals surface area contributed by atoms with Crippen LogP contribution in [0.25, 0.3) is 0 Å². The van der Waals surface area contributed by atoms with Crippen molar-refractivity contribution in [2.24, 2.45) is 4.99 Å². The van der Waals surface area contributed by atoms with Crippen LogP contribution < -0.4 is 5.32 Å². The molecule has 1 fully saturated rings. The molecule has 2 rings (SSSR count). The van der Waals surface area contributed by atoms with Gasteiger partial charge in [0.15, 0.2) is 0 Å². The van der Waals surface area contributed by atoms with E-state index >= 15 is 0 Å². The number of amides is 1. The molecule has 1 saturated heterocycles. The Labute approximate surface area is 99.5 Å². The largest absolute Gasteiger partial charge is 0.354 e. The van der Waals surface area contributed by atoms with Gasteiger partial charge in [0.1, 0.15) is 6.04 Å². The summed E-state index contributed by atoms with van der Waals surface area (Å²) in [4.78, 5) is 15.7. The zero-order chi connectivity index (χ0) is 11.4. The molecule has 84 valence electrons. The number of nitrogens with zero attached hydrogens (tertiary/aromatic N) is 1. The molecule has 1 aromatic carbocycles. The molecular formula is C12H13ClN2O. The SMILES string of the molecule is O=C1NCCCC1N=Cc1ccc(Cl)cc1. The van der Waals surface area contributed by atoms with Gasteiger partial charge in [-0.25, -0.2) is 0 Å². The highest BCUT2D eigenvalue weighted by molar-refractivity contribution is 6.30. The van der Waals surface area contributed by atoms with Gasteiger partial charge < -0.3 is 5.32 Å². The summed E-state index contributed by atoms with van der Waals surface area (Å²) in [6.07, 6.45) is 3.55. The lowest BCUT2D eigenvalue weighted by Crippen LogP contribution is -2.39. The van der Waals surface area contributed by atoms with Crippen LogP contribution in [0.15, 0.2) is 29.3 Å². The topological polar surface area (TPSA) is 41.5 Å². The van der Waals surface area contributed by atoms with E-state index in [4.69, 9.17) is 11.6 Å². The Morgan fingerprint density at radius 1 is 1.38 bits per heavy atom. The van der Waals surface area contributed by atoms with Gasteiger partial charge in [-0.1, -0.05) is 23.7 Å². The standard InChI is InChI=1S/C12H13ClN2O/c13-10-5-3-9(4-6-10)8-15-11-2-1-7-14-12(11)16/h3-6,8,11H,1-2,7H2,(H,14,16). The summed E-state index contributed by atoms with van der Waals surface area (Å²) >= 11 is 5.78. The number of benzene rings is 1. The maximum Gasteiger partial charge on any atom is 0.244 e. The summed E-state index contributed by atoms with van der Waals surface area (Å²) in [5.41, 5.74) is 0.961. The molecule has 0 radical (unpaired) electrons. The molecule has 16 heavy (non-hydrogen) atoms. The molecule has 1 amide bonds. The minimum absolute atomic E-state index is 0.0245. The molecule has 0 aliphatic carbocycles. The second kappa shape index (κ2) is 5.12. The first-order chi connectivity index (χ1) is 7.75. The molecule has 0 aromatic heterocycles. The second-order valence-electron chi connectivity index (χ2n) is 3.78. The Bertz CT molecular complexity index is 400. The summed E-state index contributed by atoms with van der Waals surface area (Å²) in [5.74, 6) is 0.0245. The molecule has 1 unspecified atom stereocenters. The third kappa shape index (κ3) is 2.83. The summed E-state index contributed by atoms with van der Waals surface area (Å²) in [7, 11) is 0. The average Bonchev–Trinajstić information content (AvgIpc) is 2.30. The molecule has 1 aliphatic heterocycles. The van der Waals surface area contributed by atoms with Crippen LogP contribution in [0.5, 0.6) is 0 Å². The summed E-state index contributed by atoms with van der Waals surface area (Å²) in [6, 6.07) is 7.15. The fourth-order valence-corrected chi connectivity index (χ4v) is 1.75. The molecule has 1 aliphatic rings. The average molecular weight is 237 g/mol. The van der Waals surface area contributed by atoms with E-state index in [-0.39, 0.29) is 11.9 Å². The van der Waals surface area contributed by atoms with Crippen molar-refractivity contribution in [3.05, 3.63) is 34.9 Å². The first-order valence-corrected chi connectivity index (χ1v) is 5.70. The number of rotatable bonds is 2. The fourth-order valence-electron chi connectivity index (χ4n) is 1.62. The molecule has 1 atom stereocenters. The van der Waals surface area contributed by atoms with Gasteiger partial charge in [0, 0.05) is 17.8 Å². The number of carbonyl (C=O) groups is 1. The lowest BCUT2D eigenvalue weighted by Gasteiger charge is -2.17. The van der Waals surface area contributed by atoms with Crippen LogP contribution in [0, 0.1) is 0 Å². The van der Waals surface area contributed by atoms with Crippen LogP contribution in [0.1, 0.15) is 18.4 Å². The third-order valence-electron chi connectivity index (χ3n) is 2.53. The molecule has 1 aromatic rings. The van der Waals surface area contributed by atoms with Crippen LogP contribution in [0.3, 0.4) is 0 Å². The minimum atomic E-state index is -0.232. The number of hydrogen-bond acceptors (Lipinski definition) is 2. The van der Waals surface area contributed by atoms with Crippen molar-refractivity contribution in [2.75, 3.05) is 6.54 Å². The predicted octanol–water partition coefficient (Wildman–Crippen LogP) is 2.04. The Kier molecular flexibility index (Phi) is 3.57. The quantitative estimate of drug-likeness (QED) is 0.785. The Hall–Kier alpha value is -1.35. The molecule has 1 N–H and O–H groups in total. The summed E-state index contributed by atoms with van der Waals surface area (Å²) in [5, 5.41) is 3.51. The lowest BCUT2D eigenvalue weighted by atomic mass is 10.1. The van der Waals surface area contributed by atoms with Gasteiger partial charge in [-0.05, 0) is 30.5 Å². The Morgan fingerprint density at radius 3 is 2.81 bits per heavy atom. The van der Waals surface area contributed by atoms with Gasteiger partial charge in [0.2, 0.25) is 5.91 Å². The van der Waals surface area contributed by atoms with Gasteiger partial charge in [-0.2, -0.15) is 0 Å². The smallest absolute Gasteiger partial charge is 0.244 e. The molecule has 1 heterocycles. The number of carbonyl (C=O) groups excluding carboxylic acids is 1. The van der Waals surface area contributed by atoms with E-state index in [0.29, 0.717) is 5.02 Å². The molecular weight excluding hydrogens is 224 g/mol. The molecule has 0 bridgehead atoms. The number of piperidine rings is 1. The predicted molar refractivity (Wildman–Crippen MR) is 65.1 cm³/mol. The zero-order valence-corrected chi connectivity index (χ0v) is 9.57. The zero-order valence-electron chi connectivity index (χ0n) is 8.82. The number of halogens is 1. The van der Waals surface area contributed by atoms with Crippen molar-refractivity contribution in [3.63, 3.8) is 0 Å². The van der Waals surface area contributed by atoms with Crippen LogP contribution >= 0.6 is 11.6 Å². The lowest BCUT2D eigenvalue weighted by molar-refractivity contribution is -0.123. The van der Waals surface area contributed by atoms with Crippen molar-refractivity contribution in [1.29, 1.82) is 0 Å². The fraction of sp³-hybridized carbons (Fsp3) is 0.333. The number of hydrogen-bond donors (Lipinski definition) is 1. The maximum atomic E-state index is 11.4. The Balaban J connectivity index is 2.02. The highest BCUT2D eigenvalue weighted by Gasteiger charge is 2.19. The van der Waals surface area contributed by atoms with Gasteiger partial charge in [0.05, 0.1) is 0 Å². The van der Waals surface area contributed by atoms with E-state index in [2.05, 4.69) is 10.3 Å². The van der Waals surface area contributed by atoms with Gasteiger partial charge in [-0.3, -0.25) is 9.79 Å². The minimum Gasteiger partial charge on any atom is -0.354 e.